The molecule has 6 nitrogen and oxygen atoms in total. The average Bonchev–Trinajstić information content (AvgIpc) is 3.08. The molecule has 0 radical (unpaired) electrons. The molecule has 25 heavy (non-hydrogen) atoms. The molecule has 0 spiro atoms. The number of nitrogens with one attached hydrogen (secondary N) is 2. The van der Waals surface area contributed by atoms with Crippen LogP contribution in [0.3, 0.4) is 0 Å². The number of benzene rings is 1. The van der Waals surface area contributed by atoms with Gasteiger partial charge in [-0.05, 0) is 30.0 Å². The molecule has 2 aliphatic heterocycles. The van der Waals surface area contributed by atoms with Gasteiger partial charge in [-0.15, -0.1) is 0 Å². The van der Waals surface area contributed by atoms with Gasteiger partial charge in [0.25, 0.3) is 0 Å². The van der Waals surface area contributed by atoms with E-state index in [1.807, 2.05) is 38.1 Å². The Labute approximate surface area is 148 Å². The molecule has 0 unspecified atom stereocenters. The van der Waals surface area contributed by atoms with Crippen molar-refractivity contribution in [2.45, 2.75) is 51.4 Å². The highest BCUT2D eigenvalue weighted by atomic mass is 16.5. The van der Waals surface area contributed by atoms with Crippen molar-refractivity contribution >= 4 is 11.8 Å². The van der Waals surface area contributed by atoms with Crippen LogP contribution in [-0.4, -0.2) is 48.5 Å². The van der Waals surface area contributed by atoms with Crippen LogP contribution in [0.2, 0.25) is 0 Å². The number of methoxy groups -OCH3 is 1. The van der Waals surface area contributed by atoms with Crippen LogP contribution in [0, 0.1) is 5.92 Å². The van der Waals surface area contributed by atoms with E-state index in [0.717, 1.165) is 17.7 Å². The monoisotopic (exact) mass is 345 g/mol. The molecule has 2 heterocycles. The highest BCUT2D eigenvalue weighted by molar-refractivity contribution is 5.97. The Morgan fingerprint density at radius 2 is 2.20 bits per heavy atom. The van der Waals surface area contributed by atoms with Crippen LogP contribution in [0.1, 0.15) is 32.3 Å². The maximum atomic E-state index is 12.7. The Bertz CT molecular complexity index is 649. The van der Waals surface area contributed by atoms with Crippen LogP contribution in [0.25, 0.3) is 0 Å². The summed E-state index contributed by atoms with van der Waals surface area (Å²) in [5, 5.41) is 6.40. The van der Waals surface area contributed by atoms with Gasteiger partial charge < -0.3 is 20.3 Å². The van der Waals surface area contributed by atoms with E-state index in [9.17, 15) is 9.59 Å². The van der Waals surface area contributed by atoms with Crippen LogP contribution in [0.4, 0.5) is 0 Å². The molecule has 0 aromatic heterocycles. The standard InChI is InChI=1S/C19H27N3O3/c1-4-12(2)17-19(24)22-11-14(9-16(22)18(23)21-17)20-10-13-6-5-7-15(8-13)25-3/h5-8,12,14,16-17,20H,4,9-11H2,1-3H3,(H,21,23)/t12-,14-,16-,17-/m0/s1. The van der Waals surface area contributed by atoms with Gasteiger partial charge >= 0.3 is 0 Å². The molecular formula is C19H27N3O3. The Hall–Kier alpha value is -2.08. The maximum absolute atomic E-state index is 12.7. The van der Waals surface area contributed by atoms with Gasteiger partial charge in [0.1, 0.15) is 17.8 Å². The number of ether oxygens (including phenoxy) is 1. The molecule has 136 valence electrons. The number of amides is 2. The first-order chi connectivity index (χ1) is 12.0. The first-order valence-corrected chi connectivity index (χ1v) is 9.00. The summed E-state index contributed by atoms with van der Waals surface area (Å²) >= 11 is 0. The number of rotatable bonds is 6. The van der Waals surface area contributed by atoms with E-state index in [1.165, 1.54) is 0 Å². The SMILES string of the molecule is CC[C@H](C)[C@@H]1NC(=O)[C@@H]2C[C@H](NCc3cccc(OC)c3)CN2C1=O. The van der Waals surface area contributed by atoms with Gasteiger partial charge in [-0.2, -0.15) is 0 Å². The fraction of sp³-hybridized carbons (Fsp3) is 0.579. The summed E-state index contributed by atoms with van der Waals surface area (Å²) in [6.45, 7) is 5.33. The normalized spacial score (nSPS) is 27.0. The van der Waals surface area contributed by atoms with Gasteiger partial charge in [-0.25, -0.2) is 0 Å². The lowest BCUT2D eigenvalue weighted by atomic mass is 9.95. The minimum absolute atomic E-state index is 0.0180. The van der Waals surface area contributed by atoms with Crippen LogP contribution in [-0.2, 0) is 16.1 Å². The number of piperazine rings is 1. The summed E-state index contributed by atoms with van der Waals surface area (Å²) in [5.41, 5.74) is 1.12. The van der Waals surface area contributed by atoms with E-state index in [2.05, 4.69) is 10.6 Å². The molecule has 6 heteroatoms. The zero-order valence-corrected chi connectivity index (χ0v) is 15.1. The van der Waals surface area contributed by atoms with Gasteiger partial charge in [-0.1, -0.05) is 32.4 Å². The van der Waals surface area contributed by atoms with Crippen molar-refractivity contribution in [2.24, 2.45) is 5.92 Å². The number of hydrogen-bond donors (Lipinski definition) is 2. The molecule has 2 amide bonds. The molecule has 0 bridgehead atoms. The summed E-state index contributed by atoms with van der Waals surface area (Å²) < 4.78 is 5.24. The van der Waals surface area contributed by atoms with Crippen LogP contribution in [0.5, 0.6) is 5.75 Å². The summed E-state index contributed by atoms with van der Waals surface area (Å²) in [6, 6.07) is 7.31. The number of hydrogen-bond acceptors (Lipinski definition) is 4. The zero-order valence-electron chi connectivity index (χ0n) is 15.1. The van der Waals surface area contributed by atoms with Crippen molar-refractivity contribution in [1.82, 2.24) is 15.5 Å². The molecule has 2 saturated heterocycles. The Balaban J connectivity index is 1.62. The minimum atomic E-state index is -0.383. The van der Waals surface area contributed by atoms with Gasteiger partial charge in [0, 0.05) is 19.1 Å². The summed E-state index contributed by atoms with van der Waals surface area (Å²) in [5.74, 6) is 1.02. The molecule has 0 aliphatic carbocycles. The highest BCUT2D eigenvalue weighted by Gasteiger charge is 2.47. The van der Waals surface area contributed by atoms with Crippen molar-refractivity contribution < 1.29 is 14.3 Å². The average molecular weight is 345 g/mol. The Morgan fingerprint density at radius 1 is 1.40 bits per heavy atom. The first-order valence-electron chi connectivity index (χ1n) is 9.00. The fourth-order valence-corrected chi connectivity index (χ4v) is 3.63. The smallest absolute Gasteiger partial charge is 0.246 e. The molecule has 1 aromatic rings. The van der Waals surface area contributed by atoms with E-state index in [1.54, 1.807) is 12.0 Å². The quantitative estimate of drug-likeness (QED) is 0.815. The van der Waals surface area contributed by atoms with E-state index in [0.29, 0.717) is 19.5 Å². The van der Waals surface area contributed by atoms with Gasteiger partial charge in [0.05, 0.1) is 7.11 Å². The molecule has 2 aliphatic rings. The van der Waals surface area contributed by atoms with Crippen LogP contribution < -0.4 is 15.4 Å². The molecule has 4 atom stereocenters. The third kappa shape index (κ3) is 3.63. The van der Waals surface area contributed by atoms with E-state index < -0.39 is 0 Å². The minimum Gasteiger partial charge on any atom is -0.497 e. The number of carbonyl (C=O) groups excluding carboxylic acids is 2. The number of fused-ring (bicyclic) bond motifs is 1. The van der Waals surface area contributed by atoms with Gasteiger partial charge in [0.2, 0.25) is 11.8 Å². The summed E-state index contributed by atoms with van der Waals surface area (Å²) in [4.78, 5) is 26.9. The highest BCUT2D eigenvalue weighted by Crippen LogP contribution is 2.26. The third-order valence-corrected chi connectivity index (χ3v) is 5.39. The van der Waals surface area contributed by atoms with E-state index in [4.69, 9.17) is 4.74 Å². The zero-order chi connectivity index (χ0) is 18.0. The summed E-state index contributed by atoms with van der Waals surface area (Å²) in [7, 11) is 1.65. The van der Waals surface area contributed by atoms with Crippen molar-refractivity contribution in [2.75, 3.05) is 13.7 Å². The van der Waals surface area contributed by atoms with E-state index >= 15 is 0 Å². The van der Waals surface area contributed by atoms with Crippen molar-refractivity contribution in [1.29, 1.82) is 0 Å². The van der Waals surface area contributed by atoms with Crippen molar-refractivity contribution in [3.8, 4) is 5.75 Å². The lowest BCUT2D eigenvalue weighted by Crippen LogP contribution is -2.62. The fourth-order valence-electron chi connectivity index (χ4n) is 3.63. The Kier molecular flexibility index (Phi) is 5.27. The largest absolute Gasteiger partial charge is 0.497 e. The third-order valence-electron chi connectivity index (χ3n) is 5.39. The molecule has 2 fully saturated rings. The second-order valence-electron chi connectivity index (χ2n) is 7.04. The lowest BCUT2D eigenvalue weighted by molar-refractivity contribution is -0.148. The molecule has 3 rings (SSSR count). The molecular weight excluding hydrogens is 318 g/mol. The number of nitrogens with zero attached hydrogens (tertiary/aromatic N) is 1. The first kappa shape index (κ1) is 17.7. The Morgan fingerprint density at radius 3 is 2.92 bits per heavy atom. The maximum Gasteiger partial charge on any atom is 0.246 e. The van der Waals surface area contributed by atoms with E-state index in [-0.39, 0.29) is 35.9 Å². The second kappa shape index (κ2) is 7.44. The molecule has 2 N–H and O–H groups in total. The number of carbonyl (C=O) groups is 2. The molecule has 0 saturated carbocycles. The predicted molar refractivity (Wildman–Crippen MR) is 95.1 cm³/mol. The van der Waals surface area contributed by atoms with Crippen molar-refractivity contribution in [3.05, 3.63) is 29.8 Å². The van der Waals surface area contributed by atoms with Gasteiger partial charge in [0.15, 0.2) is 0 Å². The van der Waals surface area contributed by atoms with Gasteiger partial charge in [-0.3, -0.25) is 9.59 Å². The topological polar surface area (TPSA) is 70.7 Å². The molecule has 1 aromatic carbocycles. The summed E-state index contributed by atoms with van der Waals surface area (Å²) in [6.07, 6.45) is 1.53. The predicted octanol–water partition coefficient (Wildman–Crippen LogP) is 1.30. The second-order valence-corrected chi connectivity index (χ2v) is 7.04. The lowest BCUT2D eigenvalue weighted by Gasteiger charge is -2.36. The van der Waals surface area contributed by atoms with Crippen LogP contribution in [0.15, 0.2) is 24.3 Å². The van der Waals surface area contributed by atoms with Crippen molar-refractivity contribution in [3.63, 3.8) is 0 Å². The van der Waals surface area contributed by atoms with Crippen LogP contribution >= 0.6 is 0 Å².